The molecule has 0 aromatic rings. The molecule has 0 bridgehead atoms. The molecule has 3 N–H and O–H groups in total. The minimum absolute atomic E-state index is 0.180. The largest absolute Gasteiger partial charge is 0.389 e. The minimum atomic E-state index is -0.708. The molecule has 2 saturated heterocycles. The van der Waals surface area contributed by atoms with Gasteiger partial charge in [-0.1, -0.05) is 13.3 Å². The van der Waals surface area contributed by atoms with Crippen molar-refractivity contribution >= 4 is 0 Å². The van der Waals surface area contributed by atoms with Crippen molar-refractivity contribution in [3.05, 3.63) is 0 Å². The summed E-state index contributed by atoms with van der Waals surface area (Å²) >= 11 is 0. The molecule has 0 aromatic heterocycles. The quantitative estimate of drug-likeness (QED) is 0.800. The molecule has 2 rings (SSSR count). The highest BCUT2D eigenvalue weighted by molar-refractivity contribution is 5.03. The summed E-state index contributed by atoms with van der Waals surface area (Å²) in [6.45, 7) is 4.69. The van der Waals surface area contributed by atoms with Gasteiger partial charge in [-0.3, -0.25) is 0 Å². The number of hydrogen-bond donors (Lipinski definition) is 2. The van der Waals surface area contributed by atoms with Gasteiger partial charge < -0.3 is 20.3 Å². The van der Waals surface area contributed by atoms with E-state index in [0.717, 1.165) is 32.3 Å². The van der Waals surface area contributed by atoms with Crippen molar-refractivity contribution in [3.8, 4) is 0 Å². The van der Waals surface area contributed by atoms with Gasteiger partial charge in [0, 0.05) is 38.0 Å². The Morgan fingerprint density at radius 2 is 2.17 bits per heavy atom. The highest BCUT2D eigenvalue weighted by Gasteiger charge is 2.52. The van der Waals surface area contributed by atoms with Crippen molar-refractivity contribution in [2.24, 2.45) is 11.1 Å². The second-order valence-electron chi connectivity index (χ2n) is 5.91. The average Bonchev–Trinajstić information content (AvgIpc) is 2.40. The van der Waals surface area contributed by atoms with Gasteiger partial charge in [-0.25, -0.2) is 0 Å². The predicted octanol–water partition coefficient (Wildman–Crippen LogP) is 1.45. The molecule has 3 unspecified atom stereocenters. The van der Waals surface area contributed by atoms with Gasteiger partial charge in [0.05, 0.1) is 18.3 Å². The zero-order valence-corrected chi connectivity index (χ0v) is 11.5. The van der Waals surface area contributed by atoms with E-state index in [9.17, 15) is 5.11 Å². The second-order valence-corrected chi connectivity index (χ2v) is 5.91. The maximum atomic E-state index is 11.1. The summed E-state index contributed by atoms with van der Waals surface area (Å²) in [6.07, 6.45) is 5.66. The lowest BCUT2D eigenvalue weighted by atomic mass is 9.64. The summed E-state index contributed by atoms with van der Waals surface area (Å²) in [6, 6.07) is 0. The lowest BCUT2D eigenvalue weighted by molar-refractivity contribution is -0.197. The molecular formula is C14H27NO3. The van der Waals surface area contributed by atoms with Crippen molar-refractivity contribution in [1.29, 1.82) is 0 Å². The normalized spacial score (nSPS) is 41.8. The zero-order chi connectivity index (χ0) is 13.1. The Bertz CT molecular complexity index is 264. The molecule has 2 aliphatic heterocycles. The van der Waals surface area contributed by atoms with E-state index in [-0.39, 0.29) is 11.5 Å². The number of nitrogens with two attached hydrogens (primary N) is 1. The highest BCUT2D eigenvalue weighted by atomic mass is 16.5. The van der Waals surface area contributed by atoms with Crippen LogP contribution in [-0.4, -0.2) is 43.2 Å². The first-order valence-electron chi connectivity index (χ1n) is 7.27. The summed E-state index contributed by atoms with van der Waals surface area (Å²) in [5.74, 6) is 0. The fraction of sp³-hybridized carbons (Fsp3) is 1.00. The van der Waals surface area contributed by atoms with Gasteiger partial charge in [-0.05, 0) is 19.3 Å². The third kappa shape index (κ3) is 2.57. The molecule has 106 valence electrons. The van der Waals surface area contributed by atoms with Crippen LogP contribution in [0, 0.1) is 5.41 Å². The van der Waals surface area contributed by atoms with Crippen LogP contribution in [0.15, 0.2) is 0 Å². The van der Waals surface area contributed by atoms with Gasteiger partial charge in [-0.15, -0.1) is 0 Å². The lowest BCUT2D eigenvalue weighted by Gasteiger charge is -2.52. The van der Waals surface area contributed by atoms with E-state index in [2.05, 4.69) is 6.92 Å². The van der Waals surface area contributed by atoms with Crippen molar-refractivity contribution in [1.82, 2.24) is 0 Å². The van der Waals surface area contributed by atoms with E-state index in [4.69, 9.17) is 15.2 Å². The van der Waals surface area contributed by atoms with Gasteiger partial charge in [0.2, 0.25) is 0 Å². The second kappa shape index (κ2) is 5.87. The Kier molecular flexibility index (Phi) is 4.64. The first kappa shape index (κ1) is 14.3. The fourth-order valence-corrected chi connectivity index (χ4v) is 3.49. The van der Waals surface area contributed by atoms with Crippen molar-refractivity contribution in [2.75, 3.05) is 26.4 Å². The molecular weight excluding hydrogens is 230 g/mol. The Hall–Kier alpha value is -0.160. The molecule has 4 heteroatoms. The topological polar surface area (TPSA) is 64.7 Å². The van der Waals surface area contributed by atoms with E-state index >= 15 is 0 Å². The molecule has 0 radical (unpaired) electrons. The summed E-state index contributed by atoms with van der Waals surface area (Å²) < 4.78 is 11.4. The van der Waals surface area contributed by atoms with Gasteiger partial charge in [-0.2, -0.15) is 0 Å². The van der Waals surface area contributed by atoms with Crippen LogP contribution in [-0.2, 0) is 9.47 Å². The Balaban J connectivity index is 2.11. The van der Waals surface area contributed by atoms with Crippen molar-refractivity contribution in [2.45, 2.75) is 57.2 Å². The SMILES string of the molecule is CCCC1CC(O)(C2(CN)CCCOC2)CCO1. The number of rotatable bonds is 4. The molecule has 0 saturated carbocycles. The average molecular weight is 257 g/mol. The Labute approximate surface area is 110 Å². The van der Waals surface area contributed by atoms with E-state index in [1.54, 1.807) is 0 Å². The van der Waals surface area contributed by atoms with Crippen LogP contribution in [0.4, 0.5) is 0 Å². The van der Waals surface area contributed by atoms with Crippen LogP contribution in [0.2, 0.25) is 0 Å². The van der Waals surface area contributed by atoms with Crippen LogP contribution >= 0.6 is 0 Å². The van der Waals surface area contributed by atoms with Gasteiger partial charge in [0.1, 0.15) is 0 Å². The molecule has 2 heterocycles. The molecule has 3 atom stereocenters. The molecule has 0 spiro atoms. The molecule has 2 aliphatic rings. The van der Waals surface area contributed by atoms with Crippen LogP contribution in [0.3, 0.4) is 0 Å². The Morgan fingerprint density at radius 3 is 2.78 bits per heavy atom. The number of ether oxygens (including phenoxy) is 2. The summed E-state index contributed by atoms with van der Waals surface area (Å²) in [5.41, 5.74) is 5.02. The van der Waals surface area contributed by atoms with E-state index in [1.165, 1.54) is 0 Å². The van der Waals surface area contributed by atoms with Crippen LogP contribution in [0.1, 0.15) is 45.4 Å². The fourth-order valence-electron chi connectivity index (χ4n) is 3.49. The third-order valence-corrected chi connectivity index (χ3v) is 4.75. The van der Waals surface area contributed by atoms with E-state index < -0.39 is 5.60 Å². The van der Waals surface area contributed by atoms with Gasteiger partial charge in [0.15, 0.2) is 0 Å². The molecule has 0 aromatic carbocycles. The summed E-state index contributed by atoms with van der Waals surface area (Å²) in [5, 5.41) is 11.1. The number of aliphatic hydroxyl groups is 1. The van der Waals surface area contributed by atoms with E-state index in [0.29, 0.717) is 32.6 Å². The zero-order valence-electron chi connectivity index (χ0n) is 11.5. The first-order valence-corrected chi connectivity index (χ1v) is 7.27. The smallest absolute Gasteiger partial charge is 0.0784 e. The maximum absolute atomic E-state index is 11.1. The first-order chi connectivity index (χ1) is 8.66. The Morgan fingerprint density at radius 1 is 1.33 bits per heavy atom. The van der Waals surface area contributed by atoms with E-state index in [1.807, 2.05) is 0 Å². The highest BCUT2D eigenvalue weighted by Crippen LogP contribution is 2.45. The van der Waals surface area contributed by atoms with Crippen molar-refractivity contribution in [3.63, 3.8) is 0 Å². The molecule has 4 nitrogen and oxygen atoms in total. The maximum Gasteiger partial charge on any atom is 0.0784 e. The van der Waals surface area contributed by atoms with Crippen LogP contribution in [0.25, 0.3) is 0 Å². The van der Waals surface area contributed by atoms with Crippen molar-refractivity contribution < 1.29 is 14.6 Å². The molecule has 0 aliphatic carbocycles. The summed E-state index contributed by atoms with van der Waals surface area (Å²) in [7, 11) is 0. The van der Waals surface area contributed by atoms with Crippen LogP contribution in [0.5, 0.6) is 0 Å². The number of hydrogen-bond acceptors (Lipinski definition) is 4. The third-order valence-electron chi connectivity index (χ3n) is 4.75. The molecule has 0 amide bonds. The minimum Gasteiger partial charge on any atom is -0.389 e. The van der Waals surface area contributed by atoms with Crippen LogP contribution < -0.4 is 5.73 Å². The monoisotopic (exact) mass is 257 g/mol. The summed E-state index contributed by atoms with van der Waals surface area (Å²) in [4.78, 5) is 0. The van der Waals surface area contributed by atoms with Gasteiger partial charge in [0.25, 0.3) is 0 Å². The van der Waals surface area contributed by atoms with Gasteiger partial charge >= 0.3 is 0 Å². The molecule has 18 heavy (non-hydrogen) atoms. The lowest BCUT2D eigenvalue weighted by Crippen LogP contribution is -2.60. The predicted molar refractivity (Wildman–Crippen MR) is 70.4 cm³/mol. The molecule has 2 fully saturated rings. The standard InChI is InChI=1S/C14H27NO3/c1-2-4-12-9-14(16,6-8-18-12)13(10-15)5-3-7-17-11-13/h12,16H,2-11,15H2,1H3.